The number of aryl methyl sites for hydroxylation is 1. The van der Waals surface area contributed by atoms with Crippen molar-refractivity contribution in [3.63, 3.8) is 0 Å². The molecule has 5 nitrogen and oxygen atoms in total. The summed E-state index contributed by atoms with van der Waals surface area (Å²) >= 11 is 0. The number of ether oxygens (including phenoxy) is 1. The van der Waals surface area contributed by atoms with Crippen LogP contribution < -0.4 is 4.90 Å². The molecule has 28 heavy (non-hydrogen) atoms. The second-order valence-electron chi connectivity index (χ2n) is 6.45. The van der Waals surface area contributed by atoms with Crippen LogP contribution in [0.4, 0.5) is 5.69 Å². The van der Waals surface area contributed by atoms with E-state index >= 15 is 0 Å². The highest BCUT2D eigenvalue weighted by molar-refractivity contribution is 5.80. The van der Waals surface area contributed by atoms with Crippen LogP contribution in [-0.4, -0.2) is 25.7 Å². The maximum absolute atomic E-state index is 12.2. The highest BCUT2D eigenvalue weighted by Crippen LogP contribution is 2.24. The fourth-order valence-corrected chi connectivity index (χ4v) is 2.98. The minimum absolute atomic E-state index is 0.0553. The molecular formula is C23H23N3O2. The molecule has 0 aliphatic carbocycles. The van der Waals surface area contributed by atoms with Crippen molar-refractivity contribution in [3.05, 3.63) is 70.8 Å². The Morgan fingerprint density at radius 2 is 1.86 bits per heavy atom. The number of benzene rings is 2. The molecule has 0 amide bonds. The number of rotatable bonds is 7. The van der Waals surface area contributed by atoms with E-state index in [1.54, 1.807) is 6.08 Å². The van der Waals surface area contributed by atoms with Crippen molar-refractivity contribution in [2.45, 2.75) is 26.3 Å². The van der Waals surface area contributed by atoms with Crippen molar-refractivity contribution < 1.29 is 9.53 Å². The number of carbonyl (C=O) groups is 1. The average molecular weight is 373 g/mol. The van der Waals surface area contributed by atoms with Crippen LogP contribution in [0.1, 0.15) is 23.6 Å². The van der Waals surface area contributed by atoms with Crippen LogP contribution in [0.3, 0.4) is 0 Å². The Labute approximate surface area is 166 Å². The molecule has 0 heterocycles. The van der Waals surface area contributed by atoms with Gasteiger partial charge in [-0.25, -0.2) is 4.79 Å². The fourth-order valence-electron chi connectivity index (χ4n) is 2.98. The summed E-state index contributed by atoms with van der Waals surface area (Å²) in [7, 11) is 1.39. The highest BCUT2D eigenvalue weighted by Gasteiger charge is 2.22. The van der Waals surface area contributed by atoms with Gasteiger partial charge >= 0.3 is 5.97 Å². The molecule has 0 saturated heterocycles. The average Bonchev–Trinajstić information content (AvgIpc) is 2.73. The number of nitriles is 2. The summed E-state index contributed by atoms with van der Waals surface area (Å²) in [5, 5.41) is 17.9. The lowest BCUT2D eigenvalue weighted by molar-refractivity contribution is -0.141. The van der Waals surface area contributed by atoms with Gasteiger partial charge in [0.2, 0.25) is 0 Å². The number of allylic oxidation sites excluding steroid dienone is 1. The van der Waals surface area contributed by atoms with E-state index in [4.69, 9.17) is 15.3 Å². The van der Waals surface area contributed by atoms with E-state index in [-0.39, 0.29) is 11.5 Å². The molecule has 0 saturated carbocycles. The van der Waals surface area contributed by atoms with Crippen LogP contribution in [0.2, 0.25) is 0 Å². The zero-order valence-electron chi connectivity index (χ0n) is 16.3. The lowest BCUT2D eigenvalue weighted by Crippen LogP contribution is -2.41. The number of anilines is 1. The molecule has 0 aliphatic rings. The SMILES string of the molecule is COC(=O)C(C)N(CCc1ccccc1)c1ccc(C=C(C#N)C#N)c(C)c1. The third kappa shape index (κ3) is 5.22. The first kappa shape index (κ1) is 20.7. The van der Waals surface area contributed by atoms with Crippen molar-refractivity contribution in [1.29, 1.82) is 10.5 Å². The maximum Gasteiger partial charge on any atom is 0.328 e. The molecule has 0 bridgehead atoms. The Hall–Kier alpha value is -3.57. The van der Waals surface area contributed by atoms with E-state index in [9.17, 15) is 4.79 Å². The quantitative estimate of drug-likeness (QED) is 0.541. The second kappa shape index (κ2) is 9.94. The number of hydrogen-bond donors (Lipinski definition) is 0. The fraction of sp³-hybridized carbons (Fsp3) is 0.261. The van der Waals surface area contributed by atoms with Crippen LogP contribution in [0.15, 0.2) is 54.1 Å². The molecule has 142 valence electrons. The normalized spacial score (nSPS) is 10.9. The Bertz CT molecular complexity index is 921. The standard InChI is InChI=1S/C23H23N3O2/c1-17-13-22(10-9-21(17)14-20(15-24)16-25)26(18(2)23(27)28-3)12-11-19-7-5-4-6-8-19/h4-10,13-14,18H,11-12H2,1-3H3. The van der Waals surface area contributed by atoms with E-state index < -0.39 is 6.04 Å². The number of nitrogens with zero attached hydrogens (tertiary/aromatic N) is 3. The number of esters is 1. The van der Waals surface area contributed by atoms with Gasteiger partial charge in [-0.05, 0) is 55.2 Å². The summed E-state index contributed by atoms with van der Waals surface area (Å²) in [6.45, 7) is 4.39. The molecule has 0 spiro atoms. The van der Waals surface area contributed by atoms with Gasteiger partial charge in [-0.2, -0.15) is 10.5 Å². The van der Waals surface area contributed by atoms with Gasteiger partial charge in [-0.1, -0.05) is 36.4 Å². The molecule has 0 N–H and O–H groups in total. The molecule has 1 unspecified atom stereocenters. The predicted molar refractivity (Wildman–Crippen MR) is 109 cm³/mol. The number of hydrogen-bond acceptors (Lipinski definition) is 5. The Balaban J connectivity index is 2.33. The van der Waals surface area contributed by atoms with Crippen LogP contribution in [0.25, 0.3) is 6.08 Å². The third-order valence-electron chi connectivity index (χ3n) is 4.62. The zero-order valence-corrected chi connectivity index (χ0v) is 16.3. The van der Waals surface area contributed by atoms with E-state index in [1.807, 2.05) is 67.3 Å². The summed E-state index contributed by atoms with van der Waals surface area (Å²) in [5.41, 5.74) is 3.85. The second-order valence-corrected chi connectivity index (χ2v) is 6.45. The van der Waals surface area contributed by atoms with Crippen molar-refractivity contribution >= 4 is 17.7 Å². The van der Waals surface area contributed by atoms with Crippen LogP contribution in [0, 0.1) is 29.6 Å². The molecule has 0 aliphatic heterocycles. The van der Waals surface area contributed by atoms with Crippen molar-refractivity contribution in [2.75, 3.05) is 18.6 Å². The van der Waals surface area contributed by atoms with E-state index in [2.05, 4.69) is 12.1 Å². The van der Waals surface area contributed by atoms with E-state index in [0.29, 0.717) is 6.54 Å². The minimum Gasteiger partial charge on any atom is -0.467 e. The Morgan fingerprint density at radius 3 is 2.43 bits per heavy atom. The Kier molecular flexibility index (Phi) is 7.37. The van der Waals surface area contributed by atoms with Crippen LogP contribution in [-0.2, 0) is 16.0 Å². The van der Waals surface area contributed by atoms with Gasteiger partial charge in [0.1, 0.15) is 23.8 Å². The lowest BCUT2D eigenvalue weighted by Gasteiger charge is -2.30. The molecule has 2 aromatic rings. The highest BCUT2D eigenvalue weighted by atomic mass is 16.5. The van der Waals surface area contributed by atoms with Gasteiger partial charge in [0.15, 0.2) is 0 Å². The van der Waals surface area contributed by atoms with Crippen molar-refractivity contribution in [1.82, 2.24) is 0 Å². The summed E-state index contributed by atoms with van der Waals surface area (Å²) in [5.74, 6) is -0.300. The number of methoxy groups -OCH3 is 1. The first-order chi connectivity index (χ1) is 13.5. The van der Waals surface area contributed by atoms with Gasteiger partial charge < -0.3 is 9.64 Å². The van der Waals surface area contributed by atoms with Gasteiger partial charge in [0.05, 0.1) is 7.11 Å². The predicted octanol–water partition coefficient (Wildman–Crippen LogP) is 4.04. The molecule has 0 radical (unpaired) electrons. The molecule has 1 atom stereocenters. The smallest absolute Gasteiger partial charge is 0.328 e. The van der Waals surface area contributed by atoms with Crippen molar-refractivity contribution in [3.8, 4) is 12.1 Å². The molecule has 2 aromatic carbocycles. The Morgan fingerprint density at radius 1 is 1.18 bits per heavy atom. The van der Waals surface area contributed by atoms with Crippen LogP contribution in [0.5, 0.6) is 0 Å². The molecule has 0 fully saturated rings. The largest absolute Gasteiger partial charge is 0.467 e. The maximum atomic E-state index is 12.2. The lowest BCUT2D eigenvalue weighted by atomic mass is 10.0. The summed E-state index contributed by atoms with van der Waals surface area (Å²) in [6.07, 6.45) is 2.35. The van der Waals surface area contributed by atoms with Gasteiger partial charge in [-0.3, -0.25) is 0 Å². The topological polar surface area (TPSA) is 77.1 Å². The molecule has 2 rings (SSSR count). The molecular weight excluding hydrogens is 350 g/mol. The summed E-state index contributed by atoms with van der Waals surface area (Å²) < 4.78 is 4.94. The minimum atomic E-state index is -0.441. The number of carbonyl (C=O) groups excluding carboxylic acids is 1. The van der Waals surface area contributed by atoms with Gasteiger partial charge in [-0.15, -0.1) is 0 Å². The third-order valence-corrected chi connectivity index (χ3v) is 4.62. The van der Waals surface area contributed by atoms with Gasteiger partial charge in [0.25, 0.3) is 0 Å². The summed E-state index contributed by atoms with van der Waals surface area (Å²) in [6, 6.07) is 19.1. The first-order valence-corrected chi connectivity index (χ1v) is 9.01. The van der Waals surface area contributed by atoms with E-state index in [0.717, 1.165) is 23.2 Å². The zero-order chi connectivity index (χ0) is 20.5. The van der Waals surface area contributed by atoms with Gasteiger partial charge in [0, 0.05) is 12.2 Å². The van der Waals surface area contributed by atoms with E-state index in [1.165, 1.54) is 12.7 Å². The molecule has 5 heteroatoms. The monoisotopic (exact) mass is 373 g/mol. The summed E-state index contributed by atoms with van der Waals surface area (Å²) in [4.78, 5) is 14.2. The first-order valence-electron chi connectivity index (χ1n) is 9.01. The van der Waals surface area contributed by atoms with Crippen LogP contribution >= 0.6 is 0 Å². The van der Waals surface area contributed by atoms with Crippen molar-refractivity contribution in [2.24, 2.45) is 0 Å². The molecule has 0 aromatic heterocycles.